The molecule has 0 atom stereocenters. The van der Waals surface area contributed by atoms with Crippen LogP contribution in [0.2, 0.25) is 0 Å². The second-order valence-corrected chi connectivity index (χ2v) is 7.51. The number of hydrogen-bond donors (Lipinski definition) is 1. The van der Waals surface area contributed by atoms with E-state index < -0.39 is 0 Å². The van der Waals surface area contributed by atoms with Crippen LogP contribution < -0.4 is 10.1 Å². The maximum absolute atomic E-state index is 12.4. The Hall–Kier alpha value is -2.29. The fourth-order valence-corrected chi connectivity index (χ4v) is 2.25. The predicted molar refractivity (Wildman–Crippen MR) is 99.9 cm³/mol. The van der Waals surface area contributed by atoms with Gasteiger partial charge in [-0.3, -0.25) is 4.79 Å². The van der Waals surface area contributed by atoms with Gasteiger partial charge in [0.25, 0.3) is 5.91 Å². The lowest BCUT2D eigenvalue weighted by Crippen LogP contribution is -2.14. The monoisotopic (exact) mass is 325 g/mol. The first-order chi connectivity index (χ1) is 11.3. The van der Waals surface area contributed by atoms with E-state index in [0.717, 1.165) is 11.4 Å². The van der Waals surface area contributed by atoms with Crippen molar-refractivity contribution >= 4 is 11.6 Å². The van der Waals surface area contributed by atoms with E-state index in [9.17, 15) is 4.79 Å². The largest absolute Gasteiger partial charge is 0.493 e. The van der Waals surface area contributed by atoms with Crippen molar-refractivity contribution in [3.8, 4) is 5.75 Å². The summed E-state index contributed by atoms with van der Waals surface area (Å²) in [4.78, 5) is 12.4. The molecule has 128 valence electrons. The zero-order chi connectivity index (χ0) is 17.7. The third-order valence-electron chi connectivity index (χ3n) is 3.69. The molecule has 1 N–H and O–H groups in total. The van der Waals surface area contributed by atoms with Crippen molar-refractivity contribution in [3.63, 3.8) is 0 Å². The standard InChI is InChI=1S/C21H27NO2/c1-15(2)14-24-19-8-6-7-18(13-19)22-20(23)16-9-11-17(12-10-16)21(3,4)5/h6-13,15H,14H2,1-5H3,(H,22,23). The van der Waals surface area contributed by atoms with Crippen molar-refractivity contribution in [1.82, 2.24) is 0 Å². The Balaban J connectivity index is 2.05. The van der Waals surface area contributed by atoms with Crippen LogP contribution in [0.1, 0.15) is 50.5 Å². The van der Waals surface area contributed by atoms with E-state index in [1.54, 1.807) is 0 Å². The van der Waals surface area contributed by atoms with Crippen LogP contribution >= 0.6 is 0 Å². The summed E-state index contributed by atoms with van der Waals surface area (Å²) in [6.07, 6.45) is 0. The van der Waals surface area contributed by atoms with E-state index in [0.29, 0.717) is 18.1 Å². The van der Waals surface area contributed by atoms with Crippen molar-refractivity contribution < 1.29 is 9.53 Å². The van der Waals surface area contributed by atoms with E-state index in [1.807, 2.05) is 48.5 Å². The Morgan fingerprint density at radius 3 is 2.33 bits per heavy atom. The van der Waals surface area contributed by atoms with Crippen LogP contribution in [0.4, 0.5) is 5.69 Å². The molecule has 3 nitrogen and oxygen atoms in total. The lowest BCUT2D eigenvalue weighted by molar-refractivity contribution is 0.102. The van der Waals surface area contributed by atoms with Crippen LogP contribution in [0.25, 0.3) is 0 Å². The van der Waals surface area contributed by atoms with Crippen LogP contribution in [0.5, 0.6) is 5.75 Å². The third-order valence-corrected chi connectivity index (χ3v) is 3.69. The number of rotatable bonds is 5. The number of hydrogen-bond acceptors (Lipinski definition) is 2. The molecule has 2 aromatic carbocycles. The first-order valence-corrected chi connectivity index (χ1v) is 8.40. The molecule has 0 radical (unpaired) electrons. The van der Waals surface area contributed by atoms with Gasteiger partial charge in [-0.25, -0.2) is 0 Å². The van der Waals surface area contributed by atoms with Crippen molar-refractivity contribution in [2.75, 3.05) is 11.9 Å². The molecule has 0 aliphatic carbocycles. The summed E-state index contributed by atoms with van der Waals surface area (Å²) in [5.74, 6) is 1.12. The molecular weight excluding hydrogens is 298 g/mol. The zero-order valence-corrected chi connectivity index (χ0v) is 15.2. The highest BCUT2D eigenvalue weighted by Crippen LogP contribution is 2.23. The highest BCUT2D eigenvalue weighted by atomic mass is 16.5. The smallest absolute Gasteiger partial charge is 0.255 e. The molecule has 0 saturated heterocycles. The quantitative estimate of drug-likeness (QED) is 0.813. The molecule has 0 bridgehead atoms. The number of carbonyl (C=O) groups excluding carboxylic acids is 1. The molecule has 0 saturated carbocycles. The van der Waals surface area contributed by atoms with E-state index in [1.165, 1.54) is 5.56 Å². The first-order valence-electron chi connectivity index (χ1n) is 8.40. The minimum atomic E-state index is -0.114. The summed E-state index contributed by atoms with van der Waals surface area (Å²) in [6, 6.07) is 15.3. The van der Waals surface area contributed by atoms with Gasteiger partial charge in [0, 0.05) is 17.3 Å². The van der Waals surface area contributed by atoms with Gasteiger partial charge in [0.1, 0.15) is 5.75 Å². The average Bonchev–Trinajstić information content (AvgIpc) is 2.52. The molecule has 0 fully saturated rings. The first kappa shape index (κ1) is 18.1. The maximum Gasteiger partial charge on any atom is 0.255 e. The second-order valence-electron chi connectivity index (χ2n) is 7.51. The summed E-state index contributed by atoms with van der Waals surface area (Å²) in [6.45, 7) is 11.3. The molecule has 0 unspecified atom stereocenters. The summed E-state index contributed by atoms with van der Waals surface area (Å²) in [5, 5.41) is 2.93. The molecule has 1 amide bonds. The van der Waals surface area contributed by atoms with Gasteiger partial charge in [-0.2, -0.15) is 0 Å². The fourth-order valence-electron chi connectivity index (χ4n) is 2.25. The summed E-state index contributed by atoms with van der Waals surface area (Å²) < 4.78 is 5.70. The van der Waals surface area contributed by atoms with E-state index in [-0.39, 0.29) is 11.3 Å². The van der Waals surface area contributed by atoms with Crippen LogP contribution in [0.15, 0.2) is 48.5 Å². The Labute approximate surface area is 145 Å². The van der Waals surface area contributed by atoms with Crippen LogP contribution in [-0.2, 0) is 5.41 Å². The molecule has 0 aliphatic rings. The van der Waals surface area contributed by atoms with Gasteiger partial charge in [-0.1, -0.05) is 52.8 Å². The van der Waals surface area contributed by atoms with E-state index in [2.05, 4.69) is 39.9 Å². The van der Waals surface area contributed by atoms with Crippen LogP contribution in [-0.4, -0.2) is 12.5 Å². The maximum atomic E-state index is 12.4. The Morgan fingerprint density at radius 1 is 1.08 bits per heavy atom. The highest BCUT2D eigenvalue weighted by molar-refractivity contribution is 6.04. The van der Waals surface area contributed by atoms with Gasteiger partial charge in [0.15, 0.2) is 0 Å². The average molecular weight is 325 g/mol. The normalized spacial score (nSPS) is 11.4. The van der Waals surface area contributed by atoms with Crippen LogP contribution in [0.3, 0.4) is 0 Å². The van der Waals surface area contributed by atoms with Crippen molar-refractivity contribution in [3.05, 3.63) is 59.7 Å². The Kier molecular flexibility index (Phi) is 5.66. The molecule has 3 heteroatoms. The SMILES string of the molecule is CC(C)COc1cccc(NC(=O)c2ccc(C(C)(C)C)cc2)c1. The molecule has 2 aromatic rings. The number of carbonyl (C=O) groups is 1. The lowest BCUT2D eigenvalue weighted by atomic mass is 9.87. The van der Waals surface area contributed by atoms with E-state index >= 15 is 0 Å². The van der Waals surface area contributed by atoms with Crippen molar-refractivity contribution in [2.24, 2.45) is 5.92 Å². The van der Waals surface area contributed by atoms with Gasteiger partial charge in [-0.15, -0.1) is 0 Å². The number of anilines is 1. The van der Waals surface area contributed by atoms with Gasteiger partial charge in [-0.05, 0) is 41.2 Å². The zero-order valence-electron chi connectivity index (χ0n) is 15.2. The molecule has 0 heterocycles. The number of ether oxygens (including phenoxy) is 1. The van der Waals surface area contributed by atoms with Crippen LogP contribution in [0, 0.1) is 5.92 Å². The predicted octanol–water partition coefficient (Wildman–Crippen LogP) is 5.27. The minimum absolute atomic E-state index is 0.0804. The number of nitrogens with one attached hydrogen (secondary N) is 1. The molecule has 0 aromatic heterocycles. The summed E-state index contributed by atoms with van der Waals surface area (Å²) >= 11 is 0. The molecular formula is C21H27NO2. The van der Waals surface area contributed by atoms with Gasteiger partial charge in [0.05, 0.1) is 6.61 Å². The Bertz CT molecular complexity index is 682. The topological polar surface area (TPSA) is 38.3 Å². The van der Waals surface area contributed by atoms with Gasteiger partial charge in [0.2, 0.25) is 0 Å². The minimum Gasteiger partial charge on any atom is -0.493 e. The summed E-state index contributed by atoms with van der Waals surface area (Å²) in [7, 11) is 0. The summed E-state index contributed by atoms with van der Waals surface area (Å²) in [5.41, 5.74) is 2.68. The van der Waals surface area contributed by atoms with Gasteiger partial charge < -0.3 is 10.1 Å². The van der Waals surface area contributed by atoms with Crippen molar-refractivity contribution in [1.29, 1.82) is 0 Å². The molecule has 2 rings (SSSR count). The Morgan fingerprint density at radius 2 is 1.75 bits per heavy atom. The third kappa shape index (κ3) is 5.12. The van der Waals surface area contributed by atoms with Crippen molar-refractivity contribution in [2.45, 2.75) is 40.0 Å². The lowest BCUT2D eigenvalue weighted by Gasteiger charge is -2.19. The highest BCUT2D eigenvalue weighted by Gasteiger charge is 2.14. The molecule has 0 aliphatic heterocycles. The molecule has 24 heavy (non-hydrogen) atoms. The van der Waals surface area contributed by atoms with E-state index in [4.69, 9.17) is 4.74 Å². The number of amides is 1. The van der Waals surface area contributed by atoms with Gasteiger partial charge >= 0.3 is 0 Å². The second kappa shape index (κ2) is 7.52. The molecule has 0 spiro atoms. The number of benzene rings is 2. The fraction of sp³-hybridized carbons (Fsp3) is 0.381.